The van der Waals surface area contributed by atoms with Crippen LogP contribution in [-0.2, 0) is 6.18 Å². The van der Waals surface area contributed by atoms with Gasteiger partial charge in [0, 0.05) is 12.1 Å². The maximum atomic E-state index is 12.8. The zero-order valence-corrected chi connectivity index (χ0v) is 9.99. The first-order valence-corrected chi connectivity index (χ1v) is 5.45. The molecule has 0 amide bonds. The number of hydrogen-bond donors (Lipinski definition) is 1. The quantitative estimate of drug-likeness (QED) is 0.889. The summed E-state index contributed by atoms with van der Waals surface area (Å²) in [6.45, 7) is 5.03. The van der Waals surface area contributed by atoms with Gasteiger partial charge in [-0.25, -0.2) is 0 Å². The lowest BCUT2D eigenvalue weighted by molar-refractivity contribution is -0.139. The van der Waals surface area contributed by atoms with E-state index in [2.05, 4.69) is 4.98 Å². The van der Waals surface area contributed by atoms with Crippen LogP contribution in [0.25, 0.3) is 0 Å². The molecule has 1 heterocycles. The molecule has 1 rings (SSSR count). The second kappa shape index (κ2) is 5.04. The Bertz CT molecular complexity index is 366. The first-order valence-electron chi connectivity index (χ1n) is 5.45. The van der Waals surface area contributed by atoms with Crippen LogP contribution in [0, 0.1) is 5.92 Å². The fourth-order valence-electron chi connectivity index (χ4n) is 2.02. The standard InChI is InChI=1S/C12H16F3NO/c1-7(2)10(8(3)17)11-9(12(13,14)15)5-4-6-16-11/h4-8,10,17H,1-3H3. The second-order valence-electron chi connectivity index (χ2n) is 4.44. The zero-order valence-electron chi connectivity index (χ0n) is 9.99. The van der Waals surface area contributed by atoms with Gasteiger partial charge in [-0.1, -0.05) is 13.8 Å². The van der Waals surface area contributed by atoms with Crippen LogP contribution in [0.5, 0.6) is 0 Å². The number of hydrogen-bond acceptors (Lipinski definition) is 2. The molecule has 5 heteroatoms. The average Bonchev–Trinajstić information content (AvgIpc) is 2.15. The van der Waals surface area contributed by atoms with Gasteiger partial charge in [-0.3, -0.25) is 4.98 Å². The second-order valence-corrected chi connectivity index (χ2v) is 4.44. The molecule has 0 aliphatic heterocycles. The number of halogens is 3. The Labute approximate surface area is 98.5 Å². The largest absolute Gasteiger partial charge is 0.418 e. The van der Waals surface area contributed by atoms with Crippen molar-refractivity contribution in [2.75, 3.05) is 0 Å². The van der Waals surface area contributed by atoms with Crippen molar-refractivity contribution in [3.05, 3.63) is 29.6 Å². The topological polar surface area (TPSA) is 33.1 Å². The number of aliphatic hydroxyl groups is 1. The lowest BCUT2D eigenvalue weighted by Gasteiger charge is -2.25. The SMILES string of the molecule is CC(C)C(c1ncccc1C(F)(F)F)C(C)O. The molecule has 2 unspecified atom stereocenters. The van der Waals surface area contributed by atoms with Gasteiger partial charge in [0.1, 0.15) is 0 Å². The van der Waals surface area contributed by atoms with Crippen molar-refractivity contribution in [3.63, 3.8) is 0 Å². The van der Waals surface area contributed by atoms with Crippen LogP contribution in [0.3, 0.4) is 0 Å². The highest BCUT2D eigenvalue weighted by atomic mass is 19.4. The lowest BCUT2D eigenvalue weighted by Crippen LogP contribution is -2.24. The van der Waals surface area contributed by atoms with Crippen LogP contribution in [-0.4, -0.2) is 16.2 Å². The summed E-state index contributed by atoms with van der Waals surface area (Å²) in [4.78, 5) is 3.81. The lowest BCUT2D eigenvalue weighted by atomic mass is 9.85. The summed E-state index contributed by atoms with van der Waals surface area (Å²) < 4.78 is 38.4. The van der Waals surface area contributed by atoms with E-state index in [0.29, 0.717) is 0 Å². The number of aliphatic hydroxyl groups excluding tert-OH is 1. The Kier molecular flexibility index (Phi) is 4.14. The summed E-state index contributed by atoms with van der Waals surface area (Å²) in [6, 6.07) is 2.26. The molecule has 96 valence electrons. The number of alkyl halides is 3. The van der Waals surface area contributed by atoms with E-state index in [-0.39, 0.29) is 11.6 Å². The highest BCUT2D eigenvalue weighted by Crippen LogP contribution is 2.37. The van der Waals surface area contributed by atoms with Gasteiger partial charge in [-0.2, -0.15) is 13.2 Å². The molecule has 1 aromatic heterocycles. The molecule has 0 saturated carbocycles. The summed E-state index contributed by atoms with van der Waals surface area (Å²) in [6.07, 6.45) is -3.99. The molecule has 0 spiro atoms. The minimum absolute atomic E-state index is 0.0787. The van der Waals surface area contributed by atoms with Gasteiger partial charge >= 0.3 is 6.18 Å². The average molecular weight is 247 g/mol. The Morgan fingerprint density at radius 2 is 1.82 bits per heavy atom. The molecule has 0 fully saturated rings. The Morgan fingerprint density at radius 1 is 1.24 bits per heavy atom. The fourth-order valence-corrected chi connectivity index (χ4v) is 2.02. The molecule has 0 radical (unpaired) electrons. The van der Waals surface area contributed by atoms with E-state index < -0.39 is 23.8 Å². The summed E-state index contributed by atoms with van der Waals surface area (Å²) in [5, 5.41) is 9.62. The molecule has 1 N–H and O–H groups in total. The van der Waals surface area contributed by atoms with Crippen LogP contribution >= 0.6 is 0 Å². The van der Waals surface area contributed by atoms with Crippen molar-refractivity contribution in [2.24, 2.45) is 5.92 Å². The summed E-state index contributed by atoms with van der Waals surface area (Å²) in [7, 11) is 0. The van der Waals surface area contributed by atoms with Crippen molar-refractivity contribution in [1.29, 1.82) is 0 Å². The van der Waals surface area contributed by atoms with Crippen LogP contribution in [0.15, 0.2) is 18.3 Å². The van der Waals surface area contributed by atoms with Gasteiger partial charge in [-0.15, -0.1) is 0 Å². The fraction of sp³-hybridized carbons (Fsp3) is 0.583. The molecule has 0 bridgehead atoms. The van der Waals surface area contributed by atoms with Gasteiger partial charge in [0.25, 0.3) is 0 Å². The normalized spacial score (nSPS) is 16.0. The molecule has 1 aromatic rings. The highest BCUT2D eigenvalue weighted by Gasteiger charge is 2.37. The zero-order chi connectivity index (χ0) is 13.2. The van der Waals surface area contributed by atoms with Gasteiger partial charge in [-0.05, 0) is 25.0 Å². The maximum absolute atomic E-state index is 12.8. The monoisotopic (exact) mass is 247 g/mol. The van der Waals surface area contributed by atoms with Gasteiger partial charge < -0.3 is 5.11 Å². The van der Waals surface area contributed by atoms with E-state index in [0.717, 1.165) is 6.07 Å². The molecule has 17 heavy (non-hydrogen) atoms. The molecule has 0 aliphatic rings. The van der Waals surface area contributed by atoms with Crippen LogP contribution in [0.1, 0.15) is 37.9 Å². The number of pyridine rings is 1. The predicted molar refractivity (Wildman–Crippen MR) is 58.5 cm³/mol. The molecule has 2 atom stereocenters. The van der Waals surface area contributed by atoms with Crippen molar-refractivity contribution in [1.82, 2.24) is 4.98 Å². The van der Waals surface area contributed by atoms with E-state index in [9.17, 15) is 18.3 Å². The minimum Gasteiger partial charge on any atom is -0.393 e. The van der Waals surface area contributed by atoms with Crippen molar-refractivity contribution in [2.45, 2.75) is 39.0 Å². The maximum Gasteiger partial charge on any atom is 0.418 e. The predicted octanol–water partition coefficient (Wildman–Crippen LogP) is 3.22. The minimum atomic E-state index is -4.44. The number of aromatic nitrogens is 1. The Morgan fingerprint density at radius 3 is 2.24 bits per heavy atom. The van der Waals surface area contributed by atoms with E-state index >= 15 is 0 Å². The third-order valence-electron chi connectivity index (χ3n) is 2.70. The van der Waals surface area contributed by atoms with Gasteiger partial charge in [0.15, 0.2) is 0 Å². The number of nitrogens with zero attached hydrogens (tertiary/aromatic N) is 1. The van der Waals surface area contributed by atoms with Crippen molar-refractivity contribution >= 4 is 0 Å². The summed E-state index contributed by atoms with van der Waals surface area (Å²) >= 11 is 0. The molecular weight excluding hydrogens is 231 g/mol. The highest BCUT2D eigenvalue weighted by molar-refractivity contribution is 5.27. The molecule has 0 aromatic carbocycles. The number of rotatable bonds is 3. The van der Waals surface area contributed by atoms with Crippen LogP contribution in [0.4, 0.5) is 13.2 Å². The van der Waals surface area contributed by atoms with Crippen LogP contribution in [0.2, 0.25) is 0 Å². The van der Waals surface area contributed by atoms with E-state index in [4.69, 9.17) is 0 Å². The molecule has 2 nitrogen and oxygen atoms in total. The summed E-state index contributed by atoms with van der Waals surface area (Å²) in [5.74, 6) is -0.737. The third kappa shape index (κ3) is 3.19. The molecular formula is C12H16F3NO. The Balaban J connectivity index is 3.29. The smallest absolute Gasteiger partial charge is 0.393 e. The third-order valence-corrected chi connectivity index (χ3v) is 2.70. The van der Waals surface area contributed by atoms with Crippen molar-refractivity contribution < 1.29 is 18.3 Å². The van der Waals surface area contributed by atoms with Crippen LogP contribution < -0.4 is 0 Å². The first kappa shape index (κ1) is 14.0. The van der Waals surface area contributed by atoms with Gasteiger partial charge in [0.2, 0.25) is 0 Å². The van der Waals surface area contributed by atoms with E-state index in [1.54, 1.807) is 13.8 Å². The van der Waals surface area contributed by atoms with E-state index in [1.165, 1.54) is 19.2 Å². The van der Waals surface area contributed by atoms with E-state index in [1.807, 2.05) is 0 Å². The van der Waals surface area contributed by atoms with Crippen molar-refractivity contribution in [3.8, 4) is 0 Å². The molecule has 0 saturated heterocycles. The van der Waals surface area contributed by atoms with Gasteiger partial charge in [0.05, 0.1) is 17.4 Å². The Hall–Kier alpha value is -1.10. The molecule has 0 aliphatic carbocycles. The first-order chi connectivity index (χ1) is 7.75. The summed E-state index contributed by atoms with van der Waals surface area (Å²) in [5.41, 5.74) is -0.843.